The van der Waals surface area contributed by atoms with Gasteiger partial charge in [-0.15, -0.1) is 0 Å². The maximum absolute atomic E-state index is 11.4. The van der Waals surface area contributed by atoms with Crippen molar-refractivity contribution in [3.8, 4) is 11.5 Å². The zero-order valence-corrected chi connectivity index (χ0v) is 11.4. The molecular formula is C14H19NO4. The quantitative estimate of drug-likeness (QED) is 0.858. The minimum absolute atomic E-state index is 0.463. The van der Waals surface area contributed by atoms with Crippen molar-refractivity contribution in [2.45, 2.75) is 12.3 Å². The summed E-state index contributed by atoms with van der Waals surface area (Å²) < 4.78 is 10.6. The average molecular weight is 265 g/mol. The zero-order valence-electron chi connectivity index (χ0n) is 11.4. The fraction of sp³-hybridized carbons (Fsp3) is 0.500. The number of methoxy groups -OCH3 is 2. The Labute approximate surface area is 112 Å². The fourth-order valence-corrected chi connectivity index (χ4v) is 2.74. The Morgan fingerprint density at radius 2 is 2.16 bits per heavy atom. The summed E-state index contributed by atoms with van der Waals surface area (Å²) in [6.07, 6.45) is 0. The maximum atomic E-state index is 11.4. The van der Waals surface area contributed by atoms with E-state index < -0.39 is 17.3 Å². The van der Waals surface area contributed by atoms with Gasteiger partial charge in [-0.3, -0.25) is 4.79 Å². The van der Waals surface area contributed by atoms with Crippen LogP contribution < -0.4 is 14.8 Å². The van der Waals surface area contributed by atoms with Crippen molar-refractivity contribution in [1.29, 1.82) is 0 Å². The Balaban J connectivity index is 2.47. The molecule has 1 aromatic rings. The van der Waals surface area contributed by atoms with Gasteiger partial charge in [-0.2, -0.15) is 0 Å². The number of hydrogen-bond acceptors (Lipinski definition) is 4. The van der Waals surface area contributed by atoms with E-state index in [1.165, 1.54) is 0 Å². The van der Waals surface area contributed by atoms with Crippen LogP contribution >= 0.6 is 0 Å². The molecule has 0 amide bonds. The molecule has 1 aliphatic heterocycles. The SMILES string of the molecule is COc1ccc(C2(C)CNCC2C(=O)O)c(OC)c1. The molecule has 104 valence electrons. The van der Waals surface area contributed by atoms with E-state index in [1.54, 1.807) is 20.3 Å². The molecule has 1 fully saturated rings. The van der Waals surface area contributed by atoms with Crippen LogP contribution in [0.25, 0.3) is 0 Å². The second-order valence-corrected chi connectivity index (χ2v) is 5.01. The second-order valence-electron chi connectivity index (χ2n) is 5.01. The van der Waals surface area contributed by atoms with E-state index in [0.29, 0.717) is 24.6 Å². The van der Waals surface area contributed by atoms with Gasteiger partial charge in [0, 0.05) is 30.1 Å². The first-order valence-corrected chi connectivity index (χ1v) is 6.19. The van der Waals surface area contributed by atoms with E-state index in [1.807, 2.05) is 19.1 Å². The Morgan fingerprint density at radius 3 is 2.74 bits per heavy atom. The molecule has 0 aliphatic carbocycles. The summed E-state index contributed by atoms with van der Waals surface area (Å²) in [6.45, 7) is 3.05. The third-order valence-electron chi connectivity index (χ3n) is 3.93. The molecule has 1 aliphatic rings. The van der Waals surface area contributed by atoms with Crippen LogP contribution in [0.4, 0.5) is 0 Å². The third kappa shape index (κ3) is 2.26. The van der Waals surface area contributed by atoms with Gasteiger partial charge in [0.2, 0.25) is 0 Å². The Kier molecular flexibility index (Phi) is 3.66. The van der Waals surface area contributed by atoms with Crippen LogP contribution in [0.3, 0.4) is 0 Å². The number of rotatable bonds is 4. The summed E-state index contributed by atoms with van der Waals surface area (Å²) in [4.78, 5) is 11.4. The minimum atomic E-state index is -0.787. The third-order valence-corrected chi connectivity index (χ3v) is 3.93. The van der Waals surface area contributed by atoms with Gasteiger partial charge in [0.1, 0.15) is 11.5 Å². The van der Waals surface area contributed by atoms with Gasteiger partial charge in [0.05, 0.1) is 20.1 Å². The molecule has 2 atom stereocenters. The molecule has 0 bridgehead atoms. The van der Waals surface area contributed by atoms with Crippen LogP contribution in [0.5, 0.6) is 11.5 Å². The largest absolute Gasteiger partial charge is 0.497 e. The minimum Gasteiger partial charge on any atom is -0.497 e. The summed E-state index contributed by atoms with van der Waals surface area (Å²) in [7, 11) is 3.17. The van der Waals surface area contributed by atoms with Gasteiger partial charge < -0.3 is 19.9 Å². The average Bonchev–Trinajstić information content (AvgIpc) is 2.81. The van der Waals surface area contributed by atoms with Crippen molar-refractivity contribution in [3.05, 3.63) is 23.8 Å². The van der Waals surface area contributed by atoms with Crippen molar-refractivity contribution >= 4 is 5.97 Å². The van der Waals surface area contributed by atoms with Crippen molar-refractivity contribution in [2.24, 2.45) is 5.92 Å². The first-order valence-electron chi connectivity index (χ1n) is 6.19. The molecule has 0 radical (unpaired) electrons. The summed E-state index contributed by atoms with van der Waals surface area (Å²) in [5.74, 6) is 0.110. The van der Waals surface area contributed by atoms with E-state index in [0.717, 1.165) is 5.56 Å². The highest BCUT2D eigenvalue weighted by molar-refractivity contribution is 5.74. The Hall–Kier alpha value is -1.75. The van der Waals surface area contributed by atoms with Gasteiger partial charge in [0.25, 0.3) is 0 Å². The Bertz CT molecular complexity index is 488. The molecule has 1 heterocycles. The normalized spacial score (nSPS) is 26.2. The number of ether oxygens (including phenoxy) is 2. The molecule has 0 spiro atoms. The molecule has 1 aromatic carbocycles. The Morgan fingerprint density at radius 1 is 1.42 bits per heavy atom. The van der Waals surface area contributed by atoms with Gasteiger partial charge in [0.15, 0.2) is 0 Å². The monoisotopic (exact) mass is 265 g/mol. The number of aliphatic carboxylic acids is 1. The van der Waals surface area contributed by atoms with Crippen LogP contribution in [-0.4, -0.2) is 38.4 Å². The van der Waals surface area contributed by atoms with E-state index in [2.05, 4.69) is 5.32 Å². The first kappa shape index (κ1) is 13.7. The van der Waals surface area contributed by atoms with Crippen LogP contribution in [-0.2, 0) is 10.2 Å². The first-order chi connectivity index (χ1) is 9.02. The van der Waals surface area contributed by atoms with Crippen molar-refractivity contribution in [1.82, 2.24) is 5.32 Å². The maximum Gasteiger partial charge on any atom is 0.308 e. The molecule has 0 saturated carbocycles. The van der Waals surface area contributed by atoms with E-state index in [4.69, 9.17) is 9.47 Å². The molecule has 19 heavy (non-hydrogen) atoms. The highest BCUT2D eigenvalue weighted by Gasteiger charge is 2.46. The van der Waals surface area contributed by atoms with E-state index >= 15 is 0 Å². The van der Waals surface area contributed by atoms with Crippen LogP contribution in [0.2, 0.25) is 0 Å². The predicted octanol–water partition coefficient (Wildman–Crippen LogP) is 1.27. The second kappa shape index (κ2) is 5.09. The van der Waals surface area contributed by atoms with Gasteiger partial charge in [-0.1, -0.05) is 13.0 Å². The standard InChI is InChI=1S/C14H19NO4/c1-14(8-15-7-11(14)13(16)17)10-5-4-9(18-2)6-12(10)19-3/h4-6,11,15H,7-8H2,1-3H3,(H,16,17). The molecular weight excluding hydrogens is 246 g/mol. The number of carboxylic acid groups (broad SMARTS) is 1. The highest BCUT2D eigenvalue weighted by Crippen LogP contribution is 2.41. The molecule has 2 rings (SSSR count). The van der Waals surface area contributed by atoms with Gasteiger partial charge in [-0.25, -0.2) is 0 Å². The molecule has 1 saturated heterocycles. The van der Waals surface area contributed by atoms with Crippen LogP contribution in [0.1, 0.15) is 12.5 Å². The number of carboxylic acids is 1. The van der Waals surface area contributed by atoms with Crippen LogP contribution in [0.15, 0.2) is 18.2 Å². The highest BCUT2D eigenvalue weighted by atomic mass is 16.5. The van der Waals surface area contributed by atoms with Crippen molar-refractivity contribution in [2.75, 3.05) is 27.3 Å². The smallest absolute Gasteiger partial charge is 0.308 e. The summed E-state index contributed by atoms with van der Waals surface area (Å²) in [5.41, 5.74) is 0.414. The fourth-order valence-electron chi connectivity index (χ4n) is 2.74. The number of nitrogens with one attached hydrogen (secondary N) is 1. The lowest BCUT2D eigenvalue weighted by Crippen LogP contribution is -2.36. The molecule has 2 unspecified atom stereocenters. The van der Waals surface area contributed by atoms with Gasteiger partial charge >= 0.3 is 5.97 Å². The summed E-state index contributed by atoms with van der Waals surface area (Å²) in [5, 5.41) is 12.5. The van der Waals surface area contributed by atoms with Crippen molar-refractivity contribution in [3.63, 3.8) is 0 Å². The van der Waals surface area contributed by atoms with Crippen molar-refractivity contribution < 1.29 is 19.4 Å². The number of carbonyl (C=O) groups is 1. The van der Waals surface area contributed by atoms with E-state index in [-0.39, 0.29) is 0 Å². The lowest BCUT2D eigenvalue weighted by atomic mass is 9.73. The molecule has 0 aromatic heterocycles. The predicted molar refractivity (Wildman–Crippen MR) is 70.9 cm³/mol. The number of benzene rings is 1. The number of hydrogen-bond donors (Lipinski definition) is 2. The topological polar surface area (TPSA) is 67.8 Å². The zero-order chi connectivity index (χ0) is 14.0. The summed E-state index contributed by atoms with van der Waals surface area (Å²) in [6, 6.07) is 5.51. The summed E-state index contributed by atoms with van der Waals surface area (Å²) >= 11 is 0. The lowest BCUT2D eigenvalue weighted by Gasteiger charge is -2.30. The molecule has 5 heteroatoms. The molecule has 5 nitrogen and oxygen atoms in total. The van der Waals surface area contributed by atoms with E-state index in [9.17, 15) is 9.90 Å². The van der Waals surface area contributed by atoms with Crippen LogP contribution in [0, 0.1) is 5.92 Å². The van der Waals surface area contributed by atoms with Gasteiger partial charge in [-0.05, 0) is 6.07 Å². The lowest BCUT2D eigenvalue weighted by molar-refractivity contribution is -0.142. The molecule has 2 N–H and O–H groups in total.